The molecule has 1 amide bonds. The first-order valence-electron chi connectivity index (χ1n) is 12.1. The van der Waals surface area contributed by atoms with Gasteiger partial charge in [0.15, 0.2) is 0 Å². The van der Waals surface area contributed by atoms with E-state index in [1.54, 1.807) is 31.4 Å². The number of hydrogen-bond donors (Lipinski definition) is 2. The maximum Gasteiger partial charge on any atom is 0.295 e. The number of aromatic nitrogens is 1. The van der Waals surface area contributed by atoms with Crippen LogP contribution in [0.3, 0.4) is 0 Å². The zero-order valence-electron chi connectivity index (χ0n) is 20.5. The van der Waals surface area contributed by atoms with Crippen LogP contribution in [0, 0.1) is 6.92 Å². The molecule has 1 aliphatic rings. The number of amides is 1. The van der Waals surface area contributed by atoms with Gasteiger partial charge in [0.05, 0.1) is 24.8 Å². The summed E-state index contributed by atoms with van der Waals surface area (Å²) in [5.74, 6) is -0.847. The Morgan fingerprint density at radius 2 is 1.80 bits per heavy atom. The lowest BCUT2D eigenvalue weighted by Crippen LogP contribution is -2.32. The molecule has 2 heterocycles. The van der Waals surface area contributed by atoms with Crippen molar-refractivity contribution in [2.24, 2.45) is 0 Å². The molecule has 0 saturated carbocycles. The molecule has 7 heteroatoms. The van der Waals surface area contributed by atoms with Gasteiger partial charge in [0, 0.05) is 41.4 Å². The number of ether oxygens (including phenoxy) is 2. The highest BCUT2D eigenvalue weighted by molar-refractivity contribution is 6.46. The van der Waals surface area contributed by atoms with E-state index in [1.165, 1.54) is 4.90 Å². The summed E-state index contributed by atoms with van der Waals surface area (Å²) in [5, 5.41) is 12.2. The summed E-state index contributed by atoms with van der Waals surface area (Å²) in [6.45, 7) is 5.18. The zero-order chi connectivity index (χ0) is 24.9. The van der Waals surface area contributed by atoms with Gasteiger partial charge in [-0.1, -0.05) is 38.0 Å². The molecule has 35 heavy (non-hydrogen) atoms. The number of nitrogens with one attached hydrogen (secondary N) is 1. The number of aryl methyl sites for hydroxylation is 1. The van der Waals surface area contributed by atoms with Gasteiger partial charge in [0.2, 0.25) is 0 Å². The first-order valence-corrected chi connectivity index (χ1v) is 12.1. The minimum atomic E-state index is -0.730. The van der Waals surface area contributed by atoms with Crippen LogP contribution in [0.1, 0.15) is 49.0 Å². The quantitative estimate of drug-likeness (QED) is 0.184. The molecule has 2 N–H and O–H groups in total. The first-order chi connectivity index (χ1) is 17.0. The Morgan fingerprint density at radius 1 is 1.06 bits per heavy atom. The van der Waals surface area contributed by atoms with E-state index in [-0.39, 0.29) is 24.5 Å². The number of aliphatic hydroxyl groups is 1. The third-order valence-electron chi connectivity index (χ3n) is 6.44. The van der Waals surface area contributed by atoms with E-state index >= 15 is 0 Å². The van der Waals surface area contributed by atoms with Crippen LogP contribution in [0.15, 0.2) is 54.1 Å². The van der Waals surface area contributed by atoms with Gasteiger partial charge in [-0.3, -0.25) is 9.59 Å². The van der Waals surface area contributed by atoms with Crippen LogP contribution in [0.25, 0.3) is 16.7 Å². The van der Waals surface area contributed by atoms with Gasteiger partial charge in [-0.2, -0.15) is 0 Å². The Kier molecular flexibility index (Phi) is 7.56. The lowest BCUT2D eigenvalue weighted by atomic mass is 9.93. The Balaban J connectivity index is 1.76. The number of nitrogens with zero attached hydrogens (tertiary/aromatic N) is 1. The molecule has 1 saturated heterocycles. The van der Waals surface area contributed by atoms with Crippen molar-refractivity contribution in [1.82, 2.24) is 9.88 Å². The summed E-state index contributed by atoms with van der Waals surface area (Å²) < 4.78 is 11.0. The SMILES string of the molecule is CCCCCOc1ccc(/C(O)=C2\C(=O)C(=O)N(CCOC)C2c2c(C)[nH]c3ccccc23)cc1. The van der Waals surface area contributed by atoms with Crippen molar-refractivity contribution in [2.75, 3.05) is 26.9 Å². The van der Waals surface area contributed by atoms with Gasteiger partial charge >= 0.3 is 0 Å². The highest BCUT2D eigenvalue weighted by Crippen LogP contribution is 2.43. The Bertz CT molecular complexity index is 1240. The summed E-state index contributed by atoms with van der Waals surface area (Å²) in [6.07, 6.45) is 3.21. The van der Waals surface area contributed by atoms with Crippen LogP contribution in [0.2, 0.25) is 0 Å². The number of unbranched alkanes of at least 4 members (excludes halogenated alkanes) is 2. The number of para-hydroxylation sites is 1. The van der Waals surface area contributed by atoms with Crippen molar-refractivity contribution in [3.05, 3.63) is 70.9 Å². The summed E-state index contributed by atoms with van der Waals surface area (Å²) in [6, 6.07) is 14.0. The van der Waals surface area contributed by atoms with E-state index in [4.69, 9.17) is 9.47 Å². The minimum absolute atomic E-state index is 0.0792. The van der Waals surface area contributed by atoms with E-state index < -0.39 is 17.7 Å². The number of likely N-dealkylation sites (tertiary alicyclic amines) is 1. The zero-order valence-corrected chi connectivity index (χ0v) is 20.5. The van der Waals surface area contributed by atoms with Gasteiger partial charge in [-0.25, -0.2) is 0 Å². The molecule has 1 aromatic heterocycles. The number of ketones is 1. The van der Waals surface area contributed by atoms with E-state index in [0.29, 0.717) is 17.9 Å². The monoisotopic (exact) mass is 476 g/mol. The summed E-state index contributed by atoms with van der Waals surface area (Å²) in [7, 11) is 1.55. The fourth-order valence-corrected chi connectivity index (χ4v) is 4.66. The maximum absolute atomic E-state index is 13.2. The Hall–Kier alpha value is -3.58. The smallest absolute Gasteiger partial charge is 0.295 e. The third kappa shape index (κ3) is 4.82. The summed E-state index contributed by atoms with van der Waals surface area (Å²) in [4.78, 5) is 31.1. The summed E-state index contributed by atoms with van der Waals surface area (Å²) >= 11 is 0. The van der Waals surface area contributed by atoms with Crippen LogP contribution in [0.4, 0.5) is 0 Å². The standard InChI is InChI=1S/C28H32N2O5/c1-4-5-8-16-35-20-13-11-19(12-14-20)26(31)24-25(30(15-17-34-3)28(33)27(24)32)23-18(2)29-22-10-7-6-9-21(22)23/h6-7,9-14,25,29,31H,4-5,8,15-17H2,1-3H3/b26-24+. The number of Topliss-reactive ketones (excluding diaryl/α,β-unsaturated/α-hetero) is 1. The largest absolute Gasteiger partial charge is 0.507 e. The number of aromatic amines is 1. The molecule has 2 aromatic carbocycles. The van der Waals surface area contributed by atoms with E-state index in [0.717, 1.165) is 41.4 Å². The minimum Gasteiger partial charge on any atom is -0.507 e. The van der Waals surface area contributed by atoms with Crippen molar-refractivity contribution < 1.29 is 24.2 Å². The van der Waals surface area contributed by atoms with Crippen LogP contribution < -0.4 is 4.74 Å². The Labute approximate surface area is 205 Å². The predicted octanol–water partition coefficient (Wildman–Crippen LogP) is 5.11. The molecule has 184 valence electrons. The van der Waals surface area contributed by atoms with Crippen molar-refractivity contribution in [3.8, 4) is 5.75 Å². The molecule has 0 radical (unpaired) electrons. The highest BCUT2D eigenvalue weighted by atomic mass is 16.5. The number of rotatable bonds is 10. The third-order valence-corrected chi connectivity index (χ3v) is 6.44. The van der Waals surface area contributed by atoms with Gasteiger partial charge < -0.3 is 24.5 Å². The average molecular weight is 477 g/mol. The second kappa shape index (κ2) is 10.8. The van der Waals surface area contributed by atoms with Gasteiger partial charge in [-0.15, -0.1) is 0 Å². The fraction of sp³-hybridized carbons (Fsp3) is 0.357. The maximum atomic E-state index is 13.2. The second-order valence-corrected chi connectivity index (χ2v) is 8.77. The number of hydrogen-bond acceptors (Lipinski definition) is 5. The average Bonchev–Trinajstić information content (AvgIpc) is 3.32. The van der Waals surface area contributed by atoms with Crippen LogP contribution >= 0.6 is 0 Å². The number of aliphatic hydroxyl groups excluding tert-OH is 1. The molecular weight excluding hydrogens is 444 g/mol. The molecule has 0 bridgehead atoms. The fourth-order valence-electron chi connectivity index (χ4n) is 4.66. The van der Waals surface area contributed by atoms with E-state index in [1.807, 2.05) is 31.2 Å². The molecule has 1 atom stereocenters. The molecule has 0 spiro atoms. The van der Waals surface area contributed by atoms with Crippen molar-refractivity contribution in [3.63, 3.8) is 0 Å². The first kappa shape index (κ1) is 24.5. The number of carbonyl (C=O) groups is 2. The number of carbonyl (C=O) groups excluding carboxylic acids is 2. The number of benzene rings is 2. The lowest BCUT2D eigenvalue weighted by molar-refractivity contribution is -0.140. The van der Waals surface area contributed by atoms with Gasteiger partial charge in [0.25, 0.3) is 11.7 Å². The van der Waals surface area contributed by atoms with Crippen LogP contribution in [-0.4, -0.2) is 53.5 Å². The van der Waals surface area contributed by atoms with E-state index in [2.05, 4.69) is 11.9 Å². The molecular formula is C28H32N2O5. The molecule has 1 fully saturated rings. The van der Waals surface area contributed by atoms with Crippen molar-refractivity contribution >= 4 is 28.4 Å². The normalized spacial score (nSPS) is 17.5. The van der Waals surface area contributed by atoms with Crippen molar-refractivity contribution in [2.45, 2.75) is 39.2 Å². The molecule has 4 rings (SSSR count). The Morgan fingerprint density at radius 3 is 2.51 bits per heavy atom. The predicted molar refractivity (Wildman–Crippen MR) is 135 cm³/mol. The molecule has 1 aliphatic heterocycles. The van der Waals surface area contributed by atoms with Crippen LogP contribution in [0.5, 0.6) is 5.75 Å². The lowest BCUT2D eigenvalue weighted by Gasteiger charge is -2.25. The number of H-pyrrole nitrogens is 1. The summed E-state index contributed by atoms with van der Waals surface area (Å²) in [5.41, 5.74) is 3.08. The van der Waals surface area contributed by atoms with E-state index in [9.17, 15) is 14.7 Å². The van der Waals surface area contributed by atoms with Gasteiger partial charge in [-0.05, 0) is 43.7 Å². The number of fused-ring (bicyclic) bond motifs is 1. The second-order valence-electron chi connectivity index (χ2n) is 8.77. The highest BCUT2D eigenvalue weighted by Gasteiger charge is 2.47. The topological polar surface area (TPSA) is 91.9 Å². The molecule has 7 nitrogen and oxygen atoms in total. The van der Waals surface area contributed by atoms with Crippen molar-refractivity contribution in [1.29, 1.82) is 0 Å². The van der Waals surface area contributed by atoms with Crippen LogP contribution in [-0.2, 0) is 14.3 Å². The van der Waals surface area contributed by atoms with Gasteiger partial charge in [0.1, 0.15) is 11.5 Å². The molecule has 3 aromatic rings. The number of methoxy groups -OCH3 is 1. The molecule has 1 unspecified atom stereocenters. The molecule has 0 aliphatic carbocycles.